The average molecular weight is 344 g/mol. The standard InChI is InChI=1S/C20H24O5/c1-14(9-16-7-5-4-6-8-16)24-18-10-17(20(21)22)11-19(12-18)25-15(2)13-23-3/h4-8,10-12,14-15H,9,13H2,1-3H3,(H,21,22)/t14-,15+/m1/s1. The summed E-state index contributed by atoms with van der Waals surface area (Å²) in [5.74, 6) is -0.0975. The molecule has 0 saturated heterocycles. The first-order valence-electron chi connectivity index (χ1n) is 8.22. The summed E-state index contributed by atoms with van der Waals surface area (Å²) in [6.07, 6.45) is 0.438. The highest BCUT2D eigenvalue weighted by Crippen LogP contribution is 2.25. The average Bonchev–Trinajstić information content (AvgIpc) is 2.55. The third-order valence-electron chi connectivity index (χ3n) is 3.57. The molecule has 25 heavy (non-hydrogen) atoms. The van der Waals surface area contributed by atoms with Crippen molar-refractivity contribution in [1.82, 2.24) is 0 Å². The third kappa shape index (κ3) is 6.12. The molecule has 2 atom stereocenters. The first-order chi connectivity index (χ1) is 12.0. The van der Waals surface area contributed by atoms with Crippen LogP contribution in [0.4, 0.5) is 0 Å². The second kappa shape index (κ2) is 9.08. The second-order valence-electron chi connectivity index (χ2n) is 6.00. The second-order valence-corrected chi connectivity index (χ2v) is 6.00. The van der Waals surface area contributed by atoms with E-state index in [4.69, 9.17) is 14.2 Å². The molecule has 0 bridgehead atoms. The predicted octanol–water partition coefficient (Wildman–Crippen LogP) is 3.81. The predicted molar refractivity (Wildman–Crippen MR) is 95.6 cm³/mol. The van der Waals surface area contributed by atoms with Gasteiger partial charge in [-0.25, -0.2) is 4.79 Å². The maximum atomic E-state index is 11.4. The van der Waals surface area contributed by atoms with Gasteiger partial charge >= 0.3 is 5.97 Å². The van der Waals surface area contributed by atoms with E-state index in [1.54, 1.807) is 13.2 Å². The summed E-state index contributed by atoms with van der Waals surface area (Å²) in [6, 6.07) is 14.7. The van der Waals surface area contributed by atoms with Gasteiger partial charge in [-0.05, 0) is 31.5 Å². The maximum absolute atomic E-state index is 11.4. The molecule has 5 nitrogen and oxygen atoms in total. The van der Waals surface area contributed by atoms with Gasteiger partial charge in [0.1, 0.15) is 17.6 Å². The van der Waals surface area contributed by atoms with Crippen LogP contribution in [-0.4, -0.2) is 37.0 Å². The number of aromatic carboxylic acids is 1. The summed E-state index contributed by atoms with van der Waals surface area (Å²) in [5.41, 5.74) is 1.29. The molecular weight excluding hydrogens is 320 g/mol. The van der Waals surface area contributed by atoms with Gasteiger partial charge in [0.05, 0.1) is 18.3 Å². The minimum Gasteiger partial charge on any atom is -0.490 e. The van der Waals surface area contributed by atoms with E-state index in [2.05, 4.69) is 0 Å². The van der Waals surface area contributed by atoms with E-state index in [-0.39, 0.29) is 17.8 Å². The molecule has 2 rings (SSSR count). The van der Waals surface area contributed by atoms with E-state index in [0.29, 0.717) is 18.1 Å². The number of rotatable bonds is 9. The lowest BCUT2D eigenvalue weighted by atomic mass is 10.1. The van der Waals surface area contributed by atoms with Gasteiger partial charge in [0, 0.05) is 19.6 Å². The van der Waals surface area contributed by atoms with Crippen LogP contribution in [-0.2, 0) is 11.2 Å². The van der Waals surface area contributed by atoms with Crippen molar-refractivity contribution in [1.29, 1.82) is 0 Å². The van der Waals surface area contributed by atoms with Crippen LogP contribution < -0.4 is 9.47 Å². The molecule has 0 unspecified atom stereocenters. The zero-order valence-electron chi connectivity index (χ0n) is 14.8. The van der Waals surface area contributed by atoms with Gasteiger partial charge in [0.2, 0.25) is 0 Å². The summed E-state index contributed by atoms with van der Waals surface area (Å²) in [7, 11) is 1.59. The van der Waals surface area contributed by atoms with Gasteiger partial charge in [0.15, 0.2) is 0 Å². The van der Waals surface area contributed by atoms with Gasteiger partial charge in [0.25, 0.3) is 0 Å². The number of benzene rings is 2. The highest BCUT2D eigenvalue weighted by atomic mass is 16.5. The van der Waals surface area contributed by atoms with Crippen molar-refractivity contribution in [3.05, 3.63) is 59.7 Å². The fraction of sp³-hybridized carbons (Fsp3) is 0.350. The minimum atomic E-state index is -1.02. The first kappa shape index (κ1) is 18.8. The Morgan fingerprint density at radius 2 is 1.60 bits per heavy atom. The van der Waals surface area contributed by atoms with Crippen LogP contribution in [0.2, 0.25) is 0 Å². The number of carbonyl (C=O) groups is 1. The number of hydrogen-bond donors (Lipinski definition) is 1. The molecule has 5 heteroatoms. The Bertz CT molecular complexity index is 684. The lowest BCUT2D eigenvalue weighted by Gasteiger charge is -2.18. The SMILES string of the molecule is COC[C@H](C)Oc1cc(O[C@H](C)Cc2ccccc2)cc(C(=O)O)c1. The number of carboxylic acids is 1. The fourth-order valence-corrected chi connectivity index (χ4v) is 2.55. The van der Waals surface area contributed by atoms with Crippen molar-refractivity contribution in [2.75, 3.05) is 13.7 Å². The fourth-order valence-electron chi connectivity index (χ4n) is 2.55. The molecule has 0 heterocycles. The molecule has 0 aliphatic rings. The highest BCUT2D eigenvalue weighted by Gasteiger charge is 2.13. The van der Waals surface area contributed by atoms with Crippen LogP contribution in [0.5, 0.6) is 11.5 Å². The summed E-state index contributed by atoms with van der Waals surface area (Å²) in [6.45, 7) is 4.22. The monoisotopic (exact) mass is 344 g/mol. The van der Waals surface area contributed by atoms with Crippen LogP contribution in [0.15, 0.2) is 48.5 Å². The van der Waals surface area contributed by atoms with E-state index in [1.807, 2.05) is 44.2 Å². The van der Waals surface area contributed by atoms with Crippen LogP contribution >= 0.6 is 0 Å². The molecule has 134 valence electrons. The minimum absolute atomic E-state index is 0.101. The molecule has 0 spiro atoms. The summed E-state index contributed by atoms with van der Waals surface area (Å²) in [5, 5.41) is 9.30. The highest BCUT2D eigenvalue weighted by molar-refractivity contribution is 5.88. The molecule has 0 amide bonds. The first-order valence-corrected chi connectivity index (χ1v) is 8.22. The molecule has 0 fully saturated rings. The van der Waals surface area contributed by atoms with Crippen LogP contribution in [0.3, 0.4) is 0 Å². The van der Waals surface area contributed by atoms with Crippen LogP contribution in [0.1, 0.15) is 29.8 Å². The Kier molecular flexibility index (Phi) is 6.83. The van der Waals surface area contributed by atoms with E-state index < -0.39 is 5.97 Å². The molecular formula is C20H24O5. The van der Waals surface area contributed by atoms with Crippen molar-refractivity contribution in [3.63, 3.8) is 0 Å². The van der Waals surface area contributed by atoms with Crippen molar-refractivity contribution in [2.24, 2.45) is 0 Å². The summed E-state index contributed by atoms with van der Waals surface area (Å²) < 4.78 is 16.7. The van der Waals surface area contributed by atoms with Gasteiger partial charge in [-0.2, -0.15) is 0 Å². The molecule has 0 aliphatic carbocycles. The Hall–Kier alpha value is -2.53. The quantitative estimate of drug-likeness (QED) is 0.749. The van der Waals surface area contributed by atoms with Gasteiger partial charge in [-0.1, -0.05) is 30.3 Å². The smallest absolute Gasteiger partial charge is 0.335 e. The zero-order valence-corrected chi connectivity index (χ0v) is 14.8. The van der Waals surface area contributed by atoms with Crippen molar-refractivity contribution < 1.29 is 24.1 Å². The summed E-state index contributed by atoms with van der Waals surface area (Å²) in [4.78, 5) is 11.4. The topological polar surface area (TPSA) is 65.0 Å². The van der Waals surface area contributed by atoms with Crippen LogP contribution in [0.25, 0.3) is 0 Å². The van der Waals surface area contributed by atoms with E-state index in [9.17, 15) is 9.90 Å². The van der Waals surface area contributed by atoms with E-state index in [1.165, 1.54) is 12.1 Å². The largest absolute Gasteiger partial charge is 0.490 e. The van der Waals surface area contributed by atoms with E-state index >= 15 is 0 Å². The number of carboxylic acid groups (broad SMARTS) is 1. The molecule has 0 aliphatic heterocycles. The number of hydrogen-bond acceptors (Lipinski definition) is 4. The van der Waals surface area contributed by atoms with Gasteiger partial charge in [-0.15, -0.1) is 0 Å². The maximum Gasteiger partial charge on any atom is 0.335 e. The van der Waals surface area contributed by atoms with Crippen molar-refractivity contribution in [2.45, 2.75) is 32.5 Å². The number of ether oxygens (including phenoxy) is 3. The molecule has 0 radical (unpaired) electrons. The normalized spacial score (nSPS) is 13.1. The van der Waals surface area contributed by atoms with Crippen molar-refractivity contribution >= 4 is 5.97 Å². The third-order valence-corrected chi connectivity index (χ3v) is 3.57. The molecule has 2 aromatic rings. The molecule has 1 N–H and O–H groups in total. The summed E-state index contributed by atoms with van der Waals surface area (Å²) >= 11 is 0. The Morgan fingerprint density at radius 3 is 2.16 bits per heavy atom. The molecule has 2 aromatic carbocycles. The Balaban J connectivity index is 2.12. The van der Waals surface area contributed by atoms with Crippen LogP contribution in [0, 0.1) is 0 Å². The molecule has 0 aromatic heterocycles. The zero-order chi connectivity index (χ0) is 18.2. The molecule has 0 saturated carbocycles. The van der Waals surface area contributed by atoms with Gasteiger partial charge < -0.3 is 19.3 Å². The lowest BCUT2D eigenvalue weighted by molar-refractivity contribution is 0.0693. The Labute approximate surface area is 148 Å². The lowest BCUT2D eigenvalue weighted by Crippen LogP contribution is -2.19. The van der Waals surface area contributed by atoms with Crippen molar-refractivity contribution in [3.8, 4) is 11.5 Å². The van der Waals surface area contributed by atoms with E-state index in [0.717, 1.165) is 12.0 Å². The van der Waals surface area contributed by atoms with Gasteiger partial charge in [-0.3, -0.25) is 0 Å². The Morgan fingerprint density at radius 1 is 1.00 bits per heavy atom. The number of methoxy groups -OCH3 is 1.